The molecule has 0 aromatic carbocycles. The fourth-order valence-electron chi connectivity index (χ4n) is 1.71. The fraction of sp³-hybridized carbons (Fsp3) is 0.700. The lowest BCUT2D eigenvalue weighted by molar-refractivity contribution is -0.0189. The van der Waals surface area contributed by atoms with Crippen LogP contribution in [0.15, 0.2) is 12.7 Å². The number of carbonyl (C=O) groups excluding carboxylic acids is 1. The molecule has 74 valence electrons. The molecule has 0 radical (unpaired) electrons. The summed E-state index contributed by atoms with van der Waals surface area (Å²) in [5, 5.41) is 0. The van der Waals surface area contributed by atoms with Crippen molar-refractivity contribution < 1.29 is 14.3 Å². The Hall–Kier alpha value is -0.990. The predicted molar refractivity (Wildman–Crippen MR) is 49.5 cm³/mol. The molecule has 0 amide bonds. The van der Waals surface area contributed by atoms with Gasteiger partial charge in [0.2, 0.25) is 0 Å². The number of carbonyl (C=O) groups is 1. The van der Waals surface area contributed by atoms with Crippen LogP contribution in [-0.2, 0) is 9.47 Å². The lowest BCUT2D eigenvalue weighted by Gasteiger charge is -2.32. The number of rotatable bonds is 2. The molecule has 0 heterocycles. The third-order valence-electron chi connectivity index (χ3n) is 2.53. The van der Waals surface area contributed by atoms with Gasteiger partial charge in [0.25, 0.3) is 0 Å². The molecule has 1 aliphatic carbocycles. The van der Waals surface area contributed by atoms with Gasteiger partial charge in [-0.2, -0.15) is 0 Å². The van der Waals surface area contributed by atoms with E-state index in [1.807, 2.05) is 0 Å². The molecular weight excluding hydrogens is 168 g/mol. The highest BCUT2D eigenvalue weighted by Gasteiger charge is 2.33. The first kappa shape index (κ1) is 10.1. The fourth-order valence-corrected chi connectivity index (χ4v) is 1.71. The van der Waals surface area contributed by atoms with Crippen molar-refractivity contribution in [2.24, 2.45) is 0 Å². The quantitative estimate of drug-likeness (QED) is 0.489. The van der Waals surface area contributed by atoms with E-state index in [0.717, 1.165) is 25.7 Å². The minimum Gasteiger partial charge on any atom is -0.438 e. The monoisotopic (exact) mass is 184 g/mol. The summed E-state index contributed by atoms with van der Waals surface area (Å²) in [5.74, 6) is 0. The second-order valence-corrected chi connectivity index (χ2v) is 3.39. The van der Waals surface area contributed by atoms with Gasteiger partial charge in [-0.25, -0.2) is 4.79 Å². The molecule has 1 rings (SSSR count). The van der Waals surface area contributed by atoms with Crippen LogP contribution in [0.1, 0.15) is 32.1 Å². The Bertz CT molecular complexity index is 192. The average molecular weight is 184 g/mol. The van der Waals surface area contributed by atoms with Crippen LogP contribution in [0.4, 0.5) is 4.79 Å². The SMILES string of the molecule is C=CC1(OC(=O)OC)CCCCC1. The molecule has 0 unspecified atom stereocenters. The normalized spacial score (nSPS) is 20.4. The largest absolute Gasteiger partial charge is 0.508 e. The smallest absolute Gasteiger partial charge is 0.438 e. The Morgan fingerprint density at radius 2 is 2.00 bits per heavy atom. The maximum atomic E-state index is 11.0. The highest BCUT2D eigenvalue weighted by Crippen LogP contribution is 2.32. The molecule has 0 spiro atoms. The maximum absolute atomic E-state index is 11.0. The lowest BCUT2D eigenvalue weighted by Crippen LogP contribution is -2.35. The summed E-state index contributed by atoms with van der Waals surface area (Å²) in [5.41, 5.74) is -0.467. The maximum Gasteiger partial charge on any atom is 0.508 e. The van der Waals surface area contributed by atoms with E-state index in [1.54, 1.807) is 6.08 Å². The van der Waals surface area contributed by atoms with Crippen molar-refractivity contribution in [2.45, 2.75) is 37.7 Å². The standard InChI is InChI=1S/C10H16O3/c1-3-10(13-9(11)12-2)7-5-4-6-8-10/h3H,1,4-8H2,2H3. The van der Waals surface area contributed by atoms with E-state index in [2.05, 4.69) is 11.3 Å². The highest BCUT2D eigenvalue weighted by atomic mass is 16.7. The molecule has 0 aromatic rings. The van der Waals surface area contributed by atoms with Gasteiger partial charge in [0.1, 0.15) is 5.60 Å². The number of hydrogen-bond donors (Lipinski definition) is 0. The van der Waals surface area contributed by atoms with Gasteiger partial charge >= 0.3 is 6.16 Å². The van der Waals surface area contributed by atoms with Gasteiger partial charge in [0, 0.05) is 0 Å². The van der Waals surface area contributed by atoms with Crippen LogP contribution in [0.5, 0.6) is 0 Å². The van der Waals surface area contributed by atoms with Crippen molar-refractivity contribution in [1.29, 1.82) is 0 Å². The summed E-state index contributed by atoms with van der Waals surface area (Å²) < 4.78 is 9.67. The molecule has 0 aliphatic heterocycles. The van der Waals surface area contributed by atoms with Gasteiger partial charge in [-0.3, -0.25) is 0 Å². The van der Waals surface area contributed by atoms with Crippen molar-refractivity contribution in [1.82, 2.24) is 0 Å². The van der Waals surface area contributed by atoms with Crippen molar-refractivity contribution in [2.75, 3.05) is 7.11 Å². The molecule has 0 saturated heterocycles. The molecule has 0 atom stereocenters. The second-order valence-electron chi connectivity index (χ2n) is 3.39. The van der Waals surface area contributed by atoms with Crippen LogP contribution in [0.3, 0.4) is 0 Å². The first-order chi connectivity index (χ1) is 6.22. The van der Waals surface area contributed by atoms with Gasteiger partial charge in [0.15, 0.2) is 0 Å². The second kappa shape index (κ2) is 4.30. The van der Waals surface area contributed by atoms with Crippen molar-refractivity contribution in [3.8, 4) is 0 Å². The van der Waals surface area contributed by atoms with Gasteiger partial charge < -0.3 is 9.47 Å². The zero-order chi connectivity index (χ0) is 9.73. The Labute approximate surface area is 78.7 Å². The molecule has 0 aromatic heterocycles. The number of hydrogen-bond acceptors (Lipinski definition) is 3. The van der Waals surface area contributed by atoms with Crippen LogP contribution < -0.4 is 0 Å². The van der Waals surface area contributed by atoms with E-state index in [1.165, 1.54) is 13.5 Å². The van der Waals surface area contributed by atoms with E-state index in [-0.39, 0.29) is 0 Å². The van der Waals surface area contributed by atoms with E-state index in [4.69, 9.17) is 4.74 Å². The van der Waals surface area contributed by atoms with Crippen LogP contribution >= 0.6 is 0 Å². The third kappa shape index (κ3) is 2.47. The molecule has 1 fully saturated rings. The Morgan fingerprint density at radius 3 is 2.46 bits per heavy atom. The molecule has 0 N–H and O–H groups in total. The molecule has 1 aliphatic rings. The summed E-state index contributed by atoms with van der Waals surface area (Å²) in [6.07, 6.45) is 6.23. The van der Waals surface area contributed by atoms with E-state index in [9.17, 15) is 4.79 Å². The van der Waals surface area contributed by atoms with Crippen molar-refractivity contribution >= 4 is 6.16 Å². The first-order valence-corrected chi connectivity index (χ1v) is 4.63. The minimum atomic E-state index is -0.609. The van der Waals surface area contributed by atoms with Crippen molar-refractivity contribution in [3.05, 3.63) is 12.7 Å². The van der Waals surface area contributed by atoms with Gasteiger partial charge in [-0.1, -0.05) is 13.0 Å². The molecule has 3 heteroatoms. The summed E-state index contributed by atoms with van der Waals surface area (Å²) in [6, 6.07) is 0. The minimum absolute atomic E-state index is 0.467. The average Bonchev–Trinajstić information content (AvgIpc) is 2.19. The van der Waals surface area contributed by atoms with E-state index >= 15 is 0 Å². The Morgan fingerprint density at radius 1 is 1.38 bits per heavy atom. The molecule has 13 heavy (non-hydrogen) atoms. The molecule has 0 bridgehead atoms. The molecule has 1 saturated carbocycles. The van der Waals surface area contributed by atoms with Gasteiger partial charge in [-0.05, 0) is 31.8 Å². The predicted octanol–water partition coefficient (Wildman–Crippen LogP) is 2.66. The Balaban J connectivity index is 2.57. The zero-order valence-corrected chi connectivity index (χ0v) is 8.04. The summed E-state index contributed by atoms with van der Waals surface area (Å²) in [4.78, 5) is 11.0. The van der Waals surface area contributed by atoms with Crippen LogP contribution in [0.2, 0.25) is 0 Å². The Kier molecular flexibility index (Phi) is 3.34. The van der Waals surface area contributed by atoms with E-state index in [0.29, 0.717) is 0 Å². The zero-order valence-electron chi connectivity index (χ0n) is 8.04. The van der Waals surface area contributed by atoms with Crippen LogP contribution in [-0.4, -0.2) is 18.9 Å². The summed E-state index contributed by atoms with van der Waals surface area (Å²) in [6.45, 7) is 3.71. The number of ether oxygens (including phenoxy) is 2. The molecular formula is C10H16O3. The first-order valence-electron chi connectivity index (χ1n) is 4.63. The van der Waals surface area contributed by atoms with E-state index < -0.39 is 11.8 Å². The van der Waals surface area contributed by atoms with Crippen LogP contribution in [0.25, 0.3) is 0 Å². The van der Waals surface area contributed by atoms with Gasteiger partial charge in [-0.15, -0.1) is 0 Å². The number of methoxy groups -OCH3 is 1. The van der Waals surface area contributed by atoms with Crippen LogP contribution in [0, 0.1) is 0 Å². The van der Waals surface area contributed by atoms with Gasteiger partial charge in [0.05, 0.1) is 7.11 Å². The third-order valence-corrected chi connectivity index (χ3v) is 2.53. The highest BCUT2D eigenvalue weighted by molar-refractivity contribution is 5.60. The van der Waals surface area contributed by atoms with Crippen molar-refractivity contribution in [3.63, 3.8) is 0 Å². The summed E-state index contributed by atoms with van der Waals surface area (Å²) in [7, 11) is 1.32. The lowest BCUT2D eigenvalue weighted by atomic mass is 9.85. The molecule has 3 nitrogen and oxygen atoms in total. The topological polar surface area (TPSA) is 35.5 Å². The summed E-state index contributed by atoms with van der Waals surface area (Å²) >= 11 is 0.